The normalized spacial score (nSPS) is 29.2. The first-order chi connectivity index (χ1) is 11.9. The summed E-state index contributed by atoms with van der Waals surface area (Å²) in [6.07, 6.45) is 5.77. The number of hydrogen-bond donors (Lipinski definition) is 2. The van der Waals surface area contributed by atoms with Crippen molar-refractivity contribution in [1.82, 2.24) is 15.1 Å². The fraction of sp³-hybridized carbons (Fsp3) is 0.833. The molecule has 7 nitrogen and oxygen atoms in total. The first-order valence-corrected chi connectivity index (χ1v) is 9.44. The van der Waals surface area contributed by atoms with Crippen LogP contribution >= 0.6 is 0 Å². The van der Waals surface area contributed by atoms with Crippen LogP contribution in [-0.4, -0.2) is 71.0 Å². The van der Waals surface area contributed by atoms with E-state index in [2.05, 4.69) is 10.2 Å². The zero-order valence-electron chi connectivity index (χ0n) is 14.9. The van der Waals surface area contributed by atoms with Crippen LogP contribution in [0, 0.1) is 11.8 Å². The van der Waals surface area contributed by atoms with Crippen molar-refractivity contribution in [2.75, 3.05) is 26.2 Å². The van der Waals surface area contributed by atoms with Crippen LogP contribution in [0.5, 0.6) is 0 Å². The van der Waals surface area contributed by atoms with E-state index in [-0.39, 0.29) is 36.4 Å². The first-order valence-electron chi connectivity index (χ1n) is 9.44. The summed E-state index contributed by atoms with van der Waals surface area (Å²) < 4.78 is 0. The van der Waals surface area contributed by atoms with Crippen LogP contribution in [0.4, 0.5) is 0 Å². The molecule has 25 heavy (non-hydrogen) atoms. The van der Waals surface area contributed by atoms with Gasteiger partial charge in [-0.15, -0.1) is 0 Å². The lowest BCUT2D eigenvalue weighted by atomic mass is 9.84. The zero-order chi connectivity index (χ0) is 18.0. The maximum Gasteiger partial charge on any atom is 0.317 e. The fourth-order valence-corrected chi connectivity index (χ4v) is 3.95. The molecule has 2 N–H and O–H groups in total. The summed E-state index contributed by atoms with van der Waals surface area (Å²) in [6.45, 7) is 3.78. The second kappa shape index (κ2) is 7.72. The molecule has 3 fully saturated rings. The third-order valence-electron chi connectivity index (χ3n) is 5.74. The Morgan fingerprint density at radius 1 is 1.20 bits per heavy atom. The molecular weight excluding hydrogens is 322 g/mol. The molecule has 3 rings (SSSR count). The molecule has 2 amide bonds. The summed E-state index contributed by atoms with van der Waals surface area (Å²) in [5.74, 6) is -0.155. The molecule has 0 spiro atoms. The molecular formula is C18H29N3O4. The van der Waals surface area contributed by atoms with Crippen molar-refractivity contribution < 1.29 is 19.5 Å². The second-order valence-electron chi connectivity index (χ2n) is 7.90. The van der Waals surface area contributed by atoms with E-state index in [1.165, 1.54) is 12.8 Å². The third kappa shape index (κ3) is 4.93. The van der Waals surface area contributed by atoms with Gasteiger partial charge in [-0.1, -0.05) is 0 Å². The number of likely N-dealkylation sites (tertiary alicyclic amines) is 1. The second-order valence-corrected chi connectivity index (χ2v) is 7.90. The number of carbonyl (C=O) groups is 3. The molecule has 1 saturated heterocycles. The van der Waals surface area contributed by atoms with Crippen molar-refractivity contribution in [3.8, 4) is 0 Å². The maximum atomic E-state index is 12.5. The number of amides is 2. The summed E-state index contributed by atoms with van der Waals surface area (Å²) in [4.78, 5) is 38.8. The Morgan fingerprint density at radius 3 is 2.52 bits per heavy atom. The van der Waals surface area contributed by atoms with Crippen LogP contribution in [0.3, 0.4) is 0 Å². The molecule has 0 aromatic rings. The molecule has 0 aromatic heterocycles. The molecule has 140 valence electrons. The van der Waals surface area contributed by atoms with Crippen molar-refractivity contribution in [2.45, 2.75) is 57.5 Å². The molecule has 0 aromatic carbocycles. The van der Waals surface area contributed by atoms with E-state index in [1.54, 1.807) is 11.8 Å². The molecule has 0 unspecified atom stereocenters. The Kier molecular flexibility index (Phi) is 5.61. The molecule has 2 aliphatic carbocycles. The Hall–Kier alpha value is -1.63. The van der Waals surface area contributed by atoms with Crippen molar-refractivity contribution >= 4 is 17.8 Å². The molecule has 1 aliphatic heterocycles. The number of nitrogens with zero attached hydrogens (tertiary/aromatic N) is 2. The quantitative estimate of drug-likeness (QED) is 0.704. The van der Waals surface area contributed by atoms with Crippen molar-refractivity contribution in [3.63, 3.8) is 0 Å². The molecule has 0 bridgehead atoms. The van der Waals surface area contributed by atoms with Gasteiger partial charge in [0.2, 0.25) is 11.8 Å². The van der Waals surface area contributed by atoms with Gasteiger partial charge in [-0.2, -0.15) is 0 Å². The van der Waals surface area contributed by atoms with Gasteiger partial charge in [-0.3, -0.25) is 19.3 Å². The Labute approximate surface area is 148 Å². The number of carboxylic acids is 1. The van der Waals surface area contributed by atoms with Crippen molar-refractivity contribution in [2.24, 2.45) is 11.8 Å². The molecule has 7 heteroatoms. The van der Waals surface area contributed by atoms with Crippen LogP contribution in [0.15, 0.2) is 0 Å². The maximum absolute atomic E-state index is 12.5. The van der Waals surface area contributed by atoms with E-state index in [0.29, 0.717) is 12.5 Å². The van der Waals surface area contributed by atoms with E-state index in [1.807, 2.05) is 0 Å². The van der Waals surface area contributed by atoms with E-state index in [4.69, 9.17) is 5.11 Å². The average Bonchev–Trinajstić information content (AvgIpc) is 3.33. The Bertz CT molecular complexity index is 528. The van der Waals surface area contributed by atoms with Gasteiger partial charge in [0, 0.05) is 38.6 Å². The highest BCUT2D eigenvalue weighted by Gasteiger charge is 2.38. The van der Waals surface area contributed by atoms with Crippen LogP contribution in [0.1, 0.15) is 45.4 Å². The summed E-state index contributed by atoms with van der Waals surface area (Å²) in [5.41, 5.74) is 0. The van der Waals surface area contributed by atoms with Gasteiger partial charge in [0.05, 0.1) is 12.5 Å². The number of carboxylic acid groups (broad SMARTS) is 1. The number of aliphatic carboxylic acids is 1. The summed E-state index contributed by atoms with van der Waals surface area (Å²) in [7, 11) is 0. The van der Waals surface area contributed by atoms with E-state index >= 15 is 0 Å². The van der Waals surface area contributed by atoms with Crippen LogP contribution in [-0.2, 0) is 14.4 Å². The topological polar surface area (TPSA) is 90.0 Å². The monoisotopic (exact) mass is 351 g/mol. The van der Waals surface area contributed by atoms with Crippen molar-refractivity contribution in [1.29, 1.82) is 0 Å². The lowest BCUT2D eigenvalue weighted by Gasteiger charge is -2.43. The number of hydrogen-bond acceptors (Lipinski definition) is 4. The smallest absolute Gasteiger partial charge is 0.317 e. The number of rotatable bonds is 7. The van der Waals surface area contributed by atoms with Gasteiger partial charge >= 0.3 is 5.97 Å². The predicted octanol–water partition coefficient (Wildman–Crippen LogP) is 0.689. The highest BCUT2D eigenvalue weighted by Crippen LogP contribution is 2.34. The van der Waals surface area contributed by atoms with Gasteiger partial charge in [0.1, 0.15) is 0 Å². The number of piperidine rings is 1. The molecule has 3 aliphatic rings. The minimum Gasteiger partial charge on any atom is -0.480 e. The molecule has 0 radical (unpaired) electrons. The Balaban J connectivity index is 1.43. The predicted molar refractivity (Wildman–Crippen MR) is 91.9 cm³/mol. The average molecular weight is 351 g/mol. The lowest BCUT2D eigenvalue weighted by molar-refractivity contribution is -0.140. The minimum atomic E-state index is -0.778. The highest BCUT2D eigenvalue weighted by molar-refractivity contribution is 5.81. The highest BCUT2D eigenvalue weighted by atomic mass is 16.4. The Morgan fingerprint density at radius 2 is 1.92 bits per heavy atom. The first kappa shape index (κ1) is 18.2. The summed E-state index contributed by atoms with van der Waals surface area (Å²) in [5, 5.41) is 12.2. The van der Waals surface area contributed by atoms with Gasteiger partial charge < -0.3 is 15.3 Å². The molecule has 2 saturated carbocycles. The van der Waals surface area contributed by atoms with Crippen LogP contribution in [0.25, 0.3) is 0 Å². The van der Waals surface area contributed by atoms with Crippen LogP contribution in [0.2, 0.25) is 0 Å². The largest absolute Gasteiger partial charge is 0.480 e. The standard InChI is InChI=1S/C18H29N3O4/c1-12(22)20-6-2-3-14(10-20)18(25)19-15-7-16(8-15)21(11-17(23)24)9-13-4-5-13/h13-16H,2-11H2,1H3,(H,19,25)(H,23,24)/t14-,15?,16?/m0/s1. The van der Waals surface area contributed by atoms with Gasteiger partial charge in [0.25, 0.3) is 0 Å². The minimum absolute atomic E-state index is 0.0330. The van der Waals surface area contributed by atoms with Crippen molar-refractivity contribution in [3.05, 3.63) is 0 Å². The van der Waals surface area contributed by atoms with Gasteiger partial charge in [-0.25, -0.2) is 0 Å². The van der Waals surface area contributed by atoms with Gasteiger partial charge in [-0.05, 0) is 44.4 Å². The third-order valence-corrected chi connectivity index (χ3v) is 5.74. The lowest BCUT2D eigenvalue weighted by Crippen LogP contribution is -2.57. The van der Waals surface area contributed by atoms with Gasteiger partial charge in [0.15, 0.2) is 0 Å². The van der Waals surface area contributed by atoms with E-state index in [0.717, 1.165) is 38.8 Å². The fourth-order valence-electron chi connectivity index (χ4n) is 3.95. The zero-order valence-corrected chi connectivity index (χ0v) is 14.9. The SMILES string of the molecule is CC(=O)N1CCC[C@H](C(=O)NC2CC(N(CC(=O)O)CC3CC3)C2)C1. The number of carbonyl (C=O) groups excluding carboxylic acids is 2. The van der Waals surface area contributed by atoms with E-state index < -0.39 is 5.97 Å². The summed E-state index contributed by atoms with van der Waals surface area (Å²) >= 11 is 0. The summed E-state index contributed by atoms with van der Waals surface area (Å²) in [6, 6.07) is 0.405. The number of nitrogens with one attached hydrogen (secondary N) is 1. The van der Waals surface area contributed by atoms with Crippen LogP contribution < -0.4 is 5.32 Å². The molecule has 1 heterocycles. The molecule has 1 atom stereocenters. The van der Waals surface area contributed by atoms with E-state index in [9.17, 15) is 14.4 Å².